The van der Waals surface area contributed by atoms with Crippen molar-refractivity contribution in [3.8, 4) is 0 Å². The lowest BCUT2D eigenvalue weighted by Crippen LogP contribution is -2.13. The van der Waals surface area contributed by atoms with E-state index in [-0.39, 0.29) is 0 Å². The highest BCUT2D eigenvalue weighted by Crippen LogP contribution is 2.32. The van der Waals surface area contributed by atoms with E-state index in [2.05, 4.69) is 38.2 Å². The summed E-state index contributed by atoms with van der Waals surface area (Å²) in [6.07, 6.45) is 14.0. The third-order valence-electron chi connectivity index (χ3n) is 2.76. The van der Waals surface area contributed by atoms with Crippen molar-refractivity contribution < 1.29 is 0 Å². The van der Waals surface area contributed by atoms with Gasteiger partial charge in [-0.15, -0.1) is 0 Å². The Hall–Kier alpha value is -0.520. The smallest absolute Gasteiger partial charge is 0.0291 e. The van der Waals surface area contributed by atoms with Crippen molar-refractivity contribution in [2.24, 2.45) is 5.41 Å². The lowest BCUT2D eigenvalue weighted by atomic mass is 9.79. The zero-order valence-electron chi connectivity index (χ0n) is 7.64. The molecule has 0 amide bonds. The van der Waals surface area contributed by atoms with Crippen LogP contribution in [0, 0.1) is 5.41 Å². The second-order valence-corrected chi connectivity index (χ2v) is 3.76. The molecule has 0 nitrogen and oxygen atoms in total. The average molecular weight is 150 g/mol. The van der Waals surface area contributed by atoms with Gasteiger partial charge in [-0.05, 0) is 24.7 Å². The Kier molecular flexibility index (Phi) is 2.92. The van der Waals surface area contributed by atoms with E-state index in [0.717, 1.165) is 0 Å². The van der Waals surface area contributed by atoms with E-state index in [1.165, 1.54) is 25.7 Å². The fraction of sp³-hybridized carbons (Fsp3) is 0.636. The number of allylic oxidation sites excluding steroid dienone is 4. The lowest BCUT2D eigenvalue weighted by molar-refractivity contribution is 0.290. The topological polar surface area (TPSA) is 0 Å². The summed E-state index contributed by atoms with van der Waals surface area (Å²) in [5.41, 5.74) is 0.557. The van der Waals surface area contributed by atoms with Crippen LogP contribution in [0.3, 0.4) is 0 Å². The molecule has 0 heterocycles. The van der Waals surface area contributed by atoms with Crippen LogP contribution in [0.15, 0.2) is 24.3 Å². The largest absolute Gasteiger partial charge is 0.0845 e. The zero-order valence-corrected chi connectivity index (χ0v) is 7.64. The van der Waals surface area contributed by atoms with Crippen LogP contribution in [-0.4, -0.2) is 0 Å². The van der Waals surface area contributed by atoms with E-state index in [1.807, 2.05) is 0 Å². The van der Waals surface area contributed by atoms with Gasteiger partial charge in [0.05, 0.1) is 0 Å². The molecule has 0 aromatic carbocycles. The van der Waals surface area contributed by atoms with Crippen molar-refractivity contribution in [1.82, 2.24) is 0 Å². The Bertz CT molecular complexity index is 165. The molecule has 0 heteroatoms. The van der Waals surface area contributed by atoms with Crippen molar-refractivity contribution >= 4 is 0 Å². The normalized spacial score (nSPS) is 31.5. The molecule has 1 aliphatic carbocycles. The first-order valence-corrected chi connectivity index (χ1v) is 4.58. The molecule has 1 aliphatic rings. The molecule has 0 saturated heterocycles. The third kappa shape index (κ3) is 2.53. The summed E-state index contributed by atoms with van der Waals surface area (Å²) in [6, 6.07) is 0. The van der Waals surface area contributed by atoms with Crippen molar-refractivity contribution in [1.29, 1.82) is 0 Å². The molecule has 0 bridgehead atoms. The van der Waals surface area contributed by atoms with E-state index in [9.17, 15) is 0 Å². The molecule has 0 aromatic heterocycles. The van der Waals surface area contributed by atoms with Crippen molar-refractivity contribution in [3.63, 3.8) is 0 Å². The van der Waals surface area contributed by atoms with Crippen LogP contribution < -0.4 is 0 Å². The van der Waals surface area contributed by atoms with Gasteiger partial charge in [0.1, 0.15) is 0 Å². The first-order valence-electron chi connectivity index (χ1n) is 4.58. The Morgan fingerprint density at radius 2 is 2.00 bits per heavy atom. The first-order chi connectivity index (χ1) is 5.27. The minimum atomic E-state index is 0.557. The van der Waals surface area contributed by atoms with Gasteiger partial charge in [-0.1, -0.05) is 44.6 Å². The highest BCUT2D eigenvalue weighted by atomic mass is 14.2. The summed E-state index contributed by atoms with van der Waals surface area (Å²) >= 11 is 0. The second-order valence-electron chi connectivity index (χ2n) is 3.76. The van der Waals surface area contributed by atoms with E-state index in [1.54, 1.807) is 0 Å². The van der Waals surface area contributed by atoms with Crippen molar-refractivity contribution in [3.05, 3.63) is 24.3 Å². The SMILES string of the molecule is CCC1(C)CC=CC=CCC1. The minimum Gasteiger partial charge on any atom is -0.0845 e. The summed E-state index contributed by atoms with van der Waals surface area (Å²) in [6.45, 7) is 4.68. The average Bonchev–Trinajstić information content (AvgIpc) is 1.98. The first kappa shape index (κ1) is 8.58. The van der Waals surface area contributed by atoms with Gasteiger partial charge in [0.15, 0.2) is 0 Å². The summed E-state index contributed by atoms with van der Waals surface area (Å²) in [5, 5.41) is 0. The number of rotatable bonds is 1. The molecular weight excluding hydrogens is 132 g/mol. The molecule has 0 fully saturated rings. The van der Waals surface area contributed by atoms with Gasteiger partial charge in [0.2, 0.25) is 0 Å². The molecule has 0 aliphatic heterocycles. The monoisotopic (exact) mass is 150 g/mol. The lowest BCUT2D eigenvalue weighted by Gasteiger charge is -2.26. The number of hydrogen-bond acceptors (Lipinski definition) is 0. The molecule has 0 saturated carbocycles. The van der Waals surface area contributed by atoms with Gasteiger partial charge >= 0.3 is 0 Å². The maximum absolute atomic E-state index is 2.39. The Balaban J connectivity index is 2.57. The van der Waals surface area contributed by atoms with Crippen LogP contribution in [0.1, 0.15) is 39.5 Å². The fourth-order valence-corrected chi connectivity index (χ4v) is 1.46. The number of hydrogen-bond donors (Lipinski definition) is 0. The Labute approximate surface area is 70.0 Å². The van der Waals surface area contributed by atoms with Gasteiger partial charge in [-0.3, -0.25) is 0 Å². The van der Waals surface area contributed by atoms with Crippen LogP contribution in [0.5, 0.6) is 0 Å². The highest BCUT2D eigenvalue weighted by Gasteiger charge is 2.19. The second kappa shape index (κ2) is 3.75. The Morgan fingerprint density at radius 1 is 1.27 bits per heavy atom. The van der Waals surface area contributed by atoms with Crippen molar-refractivity contribution in [2.75, 3.05) is 0 Å². The summed E-state index contributed by atoms with van der Waals surface area (Å²) in [5.74, 6) is 0. The predicted molar refractivity (Wildman–Crippen MR) is 50.5 cm³/mol. The maximum atomic E-state index is 2.39. The van der Waals surface area contributed by atoms with Crippen LogP contribution in [0.4, 0.5) is 0 Å². The van der Waals surface area contributed by atoms with Crippen LogP contribution in [0.2, 0.25) is 0 Å². The van der Waals surface area contributed by atoms with Crippen LogP contribution in [0.25, 0.3) is 0 Å². The summed E-state index contributed by atoms with van der Waals surface area (Å²) in [4.78, 5) is 0. The van der Waals surface area contributed by atoms with E-state index < -0.39 is 0 Å². The highest BCUT2D eigenvalue weighted by molar-refractivity contribution is 5.06. The third-order valence-corrected chi connectivity index (χ3v) is 2.76. The molecule has 62 valence electrons. The Morgan fingerprint density at radius 3 is 2.73 bits per heavy atom. The van der Waals surface area contributed by atoms with Crippen molar-refractivity contribution in [2.45, 2.75) is 39.5 Å². The molecular formula is C11H18. The van der Waals surface area contributed by atoms with E-state index in [0.29, 0.717) is 5.41 Å². The predicted octanol–water partition coefficient (Wildman–Crippen LogP) is 3.70. The minimum absolute atomic E-state index is 0.557. The summed E-state index contributed by atoms with van der Waals surface area (Å²) < 4.78 is 0. The molecule has 0 N–H and O–H groups in total. The van der Waals surface area contributed by atoms with E-state index >= 15 is 0 Å². The molecule has 1 rings (SSSR count). The van der Waals surface area contributed by atoms with Gasteiger partial charge < -0.3 is 0 Å². The molecule has 1 unspecified atom stereocenters. The molecule has 0 radical (unpaired) electrons. The quantitative estimate of drug-likeness (QED) is 0.534. The molecule has 1 atom stereocenters. The summed E-state index contributed by atoms with van der Waals surface area (Å²) in [7, 11) is 0. The van der Waals surface area contributed by atoms with Gasteiger partial charge in [-0.25, -0.2) is 0 Å². The van der Waals surface area contributed by atoms with E-state index in [4.69, 9.17) is 0 Å². The maximum Gasteiger partial charge on any atom is -0.0291 e. The molecule has 11 heavy (non-hydrogen) atoms. The van der Waals surface area contributed by atoms with Gasteiger partial charge in [0, 0.05) is 0 Å². The fourth-order valence-electron chi connectivity index (χ4n) is 1.46. The van der Waals surface area contributed by atoms with Gasteiger partial charge in [-0.2, -0.15) is 0 Å². The molecule has 0 spiro atoms. The molecule has 0 aromatic rings. The van der Waals surface area contributed by atoms with Crippen LogP contribution in [-0.2, 0) is 0 Å². The standard InChI is InChI=1S/C11H18/c1-3-11(2)9-7-5-4-6-8-10-11/h4-7H,3,8-10H2,1-2H3. The zero-order chi connectivity index (χ0) is 8.16. The van der Waals surface area contributed by atoms with Crippen LogP contribution >= 0.6 is 0 Å². The van der Waals surface area contributed by atoms with Gasteiger partial charge in [0.25, 0.3) is 0 Å².